The first-order valence-electron chi connectivity index (χ1n) is 8.74. The fraction of sp³-hybridized carbons (Fsp3) is 0.190. The van der Waals surface area contributed by atoms with Crippen molar-refractivity contribution >= 4 is 32.9 Å². The lowest BCUT2D eigenvalue weighted by molar-refractivity contribution is 0.102. The minimum absolute atomic E-state index is 0.126. The molecule has 7 heteroatoms. The fourth-order valence-electron chi connectivity index (χ4n) is 3.06. The van der Waals surface area contributed by atoms with Crippen LogP contribution in [0, 0.1) is 20.8 Å². The zero-order valence-corrected chi connectivity index (χ0v) is 17.7. The zero-order valence-electron chi connectivity index (χ0n) is 16.0. The Morgan fingerprint density at radius 3 is 2.43 bits per heavy atom. The molecule has 1 N–H and O–H groups in total. The number of nitrogens with zero attached hydrogens (tertiary/aromatic N) is 1. The summed E-state index contributed by atoms with van der Waals surface area (Å²) in [6.07, 6.45) is 1.68. The van der Waals surface area contributed by atoms with Crippen molar-refractivity contribution in [1.29, 1.82) is 0 Å². The topological polar surface area (TPSA) is 68.2 Å². The van der Waals surface area contributed by atoms with Gasteiger partial charge in [0.25, 0.3) is 5.91 Å². The number of carbonyl (C=O) groups excluding carboxylic acids is 1. The number of hydrogen-bond acceptors (Lipinski definition) is 4. The average molecular weight is 415 g/mol. The van der Waals surface area contributed by atoms with Crippen LogP contribution in [-0.2, 0) is 16.4 Å². The molecule has 0 aliphatic heterocycles. The van der Waals surface area contributed by atoms with Crippen LogP contribution in [0.4, 0.5) is 5.82 Å². The highest BCUT2D eigenvalue weighted by atomic mass is 32.2. The molecule has 2 heterocycles. The van der Waals surface area contributed by atoms with E-state index in [-0.39, 0.29) is 21.5 Å². The highest BCUT2D eigenvalue weighted by Gasteiger charge is 2.30. The van der Waals surface area contributed by atoms with Crippen LogP contribution in [-0.4, -0.2) is 18.9 Å². The van der Waals surface area contributed by atoms with Crippen LogP contribution in [0.15, 0.2) is 64.2 Å². The molecule has 0 bridgehead atoms. The van der Waals surface area contributed by atoms with Gasteiger partial charge in [0.05, 0.1) is 9.77 Å². The molecule has 5 nitrogen and oxygen atoms in total. The van der Waals surface area contributed by atoms with Gasteiger partial charge in [0.2, 0.25) is 9.84 Å². The van der Waals surface area contributed by atoms with Gasteiger partial charge in [-0.1, -0.05) is 29.8 Å². The van der Waals surface area contributed by atoms with Gasteiger partial charge in [0.15, 0.2) is 0 Å². The van der Waals surface area contributed by atoms with Crippen molar-refractivity contribution in [2.45, 2.75) is 37.1 Å². The number of sulfone groups is 1. The summed E-state index contributed by atoms with van der Waals surface area (Å²) >= 11 is 1.30. The third-order valence-electron chi connectivity index (χ3n) is 4.66. The molecule has 0 saturated carbocycles. The molecular weight excluding hydrogens is 392 g/mol. The van der Waals surface area contributed by atoms with Gasteiger partial charge in [-0.15, -0.1) is 17.9 Å². The van der Waals surface area contributed by atoms with Crippen LogP contribution in [0.2, 0.25) is 0 Å². The maximum Gasteiger partial charge on any atom is 0.266 e. The van der Waals surface area contributed by atoms with Crippen LogP contribution < -0.4 is 5.32 Å². The van der Waals surface area contributed by atoms with Gasteiger partial charge < -0.3 is 9.88 Å². The Kier molecular flexibility index (Phi) is 5.58. The van der Waals surface area contributed by atoms with Crippen LogP contribution in [0.25, 0.3) is 0 Å². The molecule has 28 heavy (non-hydrogen) atoms. The number of rotatable bonds is 6. The molecule has 0 atom stereocenters. The average Bonchev–Trinajstić information content (AvgIpc) is 3.26. The minimum atomic E-state index is -3.82. The smallest absolute Gasteiger partial charge is 0.266 e. The first-order chi connectivity index (χ1) is 13.3. The van der Waals surface area contributed by atoms with E-state index in [1.165, 1.54) is 11.3 Å². The molecule has 0 saturated heterocycles. The Labute approximate surface area is 169 Å². The van der Waals surface area contributed by atoms with Gasteiger partial charge in [-0.25, -0.2) is 8.42 Å². The summed E-state index contributed by atoms with van der Waals surface area (Å²) in [5, 5.41) is 4.63. The number of aryl methyl sites for hydroxylation is 1. The second-order valence-electron chi connectivity index (χ2n) is 6.54. The Hall–Kier alpha value is -2.64. The molecule has 2 aromatic heterocycles. The van der Waals surface area contributed by atoms with Crippen molar-refractivity contribution in [2.75, 3.05) is 5.32 Å². The van der Waals surface area contributed by atoms with Gasteiger partial charge in [-0.2, -0.15) is 0 Å². The number of nitrogens with one attached hydrogen (secondary N) is 1. The second-order valence-corrected chi connectivity index (χ2v) is 9.37. The predicted octanol–water partition coefficient (Wildman–Crippen LogP) is 4.75. The molecular formula is C21H22N2O3S2. The maximum absolute atomic E-state index is 13.4. The lowest BCUT2D eigenvalue weighted by Gasteiger charge is -2.13. The molecule has 146 valence electrons. The predicted molar refractivity (Wildman–Crippen MR) is 113 cm³/mol. The molecule has 0 unspecified atom stereocenters. The van der Waals surface area contributed by atoms with E-state index in [9.17, 15) is 13.2 Å². The standard InChI is InChI=1S/C21H22N2O3S2/c1-5-12-23-16(4)15(3)19(20(23)22-21(24)18-7-6-13-27-18)28(25,26)17-10-8-14(2)9-11-17/h5-11,13H,1,12H2,2-4H3,(H,22,24). The van der Waals surface area contributed by atoms with Gasteiger partial charge in [0, 0.05) is 12.2 Å². The highest BCUT2D eigenvalue weighted by Crippen LogP contribution is 2.35. The minimum Gasteiger partial charge on any atom is -0.327 e. The summed E-state index contributed by atoms with van der Waals surface area (Å²) < 4.78 is 28.6. The monoisotopic (exact) mass is 414 g/mol. The van der Waals surface area contributed by atoms with E-state index < -0.39 is 9.84 Å². The second kappa shape index (κ2) is 7.77. The molecule has 0 fully saturated rings. The third-order valence-corrected chi connectivity index (χ3v) is 7.46. The Balaban J connectivity index is 2.19. The summed E-state index contributed by atoms with van der Waals surface area (Å²) in [5.74, 6) is -0.0629. The molecule has 0 radical (unpaired) electrons. The summed E-state index contributed by atoms with van der Waals surface area (Å²) in [6, 6.07) is 10.2. The quantitative estimate of drug-likeness (QED) is 0.592. The zero-order chi connectivity index (χ0) is 20.5. The van der Waals surface area contributed by atoms with Crippen molar-refractivity contribution in [3.8, 4) is 0 Å². The Morgan fingerprint density at radius 2 is 1.86 bits per heavy atom. The van der Waals surface area contributed by atoms with E-state index in [1.807, 2.05) is 13.8 Å². The molecule has 1 aromatic carbocycles. The van der Waals surface area contributed by atoms with Crippen molar-refractivity contribution in [3.63, 3.8) is 0 Å². The van der Waals surface area contributed by atoms with E-state index >= 15 is 0 Å². The number of benzene rings is 1. The van der Waals surface area contributed by atoms with E-state index in [0.29, 0.717) is 17.0 Å². The lowest BCUT2D eigenvalue weighted by Crippen LogP contribution is -2.17. The summed E-state index contributed by atoms with van der Waals surface area (Å²) in [7, 11) is -3.82. The fourth-order valence-corrected chi connectivity index (χ4v) is 5.37. The number of carbonyl (C=O) groups is 1. The van der Waals surface area contributed by atoms with Crippen LogP contribution in [0.1, 0.15) is 26.5 Å². The Bertz CT molecular complexity index is 1120. The lowest BCUT2D eigenvalue weighted by atomic mass is 10.2. The van der Waals surface area contributed by atoms with E-state index in [1.54, 1.807) is 59.3 Å². The largest absolute Gasteiger partial charge is 0.327 e. The van der Waals surface area contributed by atoms with Gasteiger partial charge in [-0.05, 0) is 49.9 Å². The molecule has 1 amide bonds. The summed E-state index contributed by atoms with van der Waals surface area (Å²) in [4.78, 5) is 13.5. The normalized spacial score (nSPS) is 11.4. The number of aromatic nitrogens is 1. The molecule has 3 aromatic rings. The molecule has 0 aliphatic carbocycles. The van der Waals surface area contributed by atoms with Crippen LogP contribution in [0.3, 0.4) is 0 Å². The highest BCUT2D eigenvalue weighted by molar-refractivity contribution is 7.91. The van der Waals surface area contributed by atoms with Gasteiger partial charge in [-0.3, -0.25) is 4.79 Å². The van der Waals surface area contributed by atoms with E-state index in [0.717, 1.165) is 11.3 Å². The number of anilines is 1. The molecule has 0 aliphatic rings. The van der Waals surface area contributed by atoms with Crippen LogP contribution >= 0.6 is 11.3 Å². The maximum atomic E-state index is 13.4. The van der Waals surface area contributed by atoms with Crippen molar-refractivity contribution in [2.24, 2.45) is 0 Å². The molecule has 0 spiro atoms. The first-order valence-corrected chi connectivity index (χ1v) is 11.1. The number of allylic oxidation sites excluding steroid dienone is 1. The van der Waals surface area contributed by atoms with Crippen molar-refractivity contribution in [3.05, 3.63) is 76.1 Å². The van der Waals surface area contributed by atoms with E-state index in [4.69, 9.17) is 0 Å². The van der Waals surface area contributed by atoms with Gasteiger partial charge >= 0.3 is 0 Å². The number of hydrogen-bond donors (Lipinski definition) is 1. The Morgan fingerprint density at radius 1 is 1.18 bits per heavy atom. The SMILES string of the molecule is C=CCn1c(C)c(C)c(S(=O)(=O)c2ccc(C)cc2)c1NC(=O)c1cccs1. The first kappa shape index (κ1) is 20.1. The van der Waals surface area contributed by atoms with Crippen LogP contribution in [0.5, 0.6) is 0 Å². The van der Waals surface area contributed by atoms with E-state index in [2.05, 4.69) is 11.9 Å². The van der Waals surface area contributed by atoms with Crippen molar-refractivity contribution in [1.82, 2.24) is 4.57 Å². The summed E-state index contributed by atoms with van der Waals surface area (Å²) in [6.45, 7) is 9.64. The third kappa shape index (κ3) is 3.55. The van der Waals surface area contributed by atoms with Gasteiger partial charge in [0.1, 0.15) is 10.7 Å². The molecule has 3 rings (SSSR count). The number of amides is 1. The number of thiophene rings is 1. The van der Waals surface area contributed by atoms with Crippen molar-refractivity contribution < 1.29 is 13.2 Å². The summed E-state index contributed by atoms with van der Waals surface area (Å²) in [5.41, 5.74) is 2.36.